The van der Waals surface area contributed by atoms with Crippen LogP contribution in [0.25, 0.3) is 0 Å². The molecular formula is C22H26BrN3O4S. The van der Waals surface area contributed by atoms with Gasteiger partial charge in [0.25, 0.3) is 11.8 Å². The Kier molecular flexibility index (Phi) is 9.90. The van der Waals surface area contributed by atoms with Crippen LogP contribution in [0.3, 0.4) is 0 Å². The van der Waals surface area contributed by atoms with E-state index in [0.29, 0.717) is 48.2 Å². The second kappa shape index (κ2) is 12.4. The smallest absolute Gasteiger partial charge is 0.261 e. The van der Waals surface area contributed by atoms with Gasteiger partial charge in [-0.15, -0.1) is 0 Å². The molecule has 2 aromatic carbocycles. The normalized spacial score (nSPS) is 10.5. The van der Waals surface area contributed by atoms with E-state index in [1.165, 1.54) is 0 Å². The molecule has 0 aliphatic carbocycles. The minimum atomic E-state index is -0.397. The van der Waals surface area contributed by atoms with Gasteiger partial charge in [-0.05, 0) is 54.5 Å². The van der Waals surface area contributed by atoms with Crippen molar-refractivity contribution in [2.24, 2.45) is 5.92 Å². The molecule has 0 fully saturated rings. The summed E-state index contributed by atoms with van der Waals surface area (Å²) < 4.78 is 11.4. The minimum absolute atomic E-state index is 0.108. The summed E-state index contributed by atoms with van der Waals surface area (Å²) in [4.78, 5) is 25.0. The number of hydrogen-bond donors (Lipinski definition) is 3. The maximum atomic E-state index is 12.8. The molecule has 2 rings (SSSR count). The summed E-state index contributed by atoms with van der Waals surface area (Å²) in [6, 6.07) is 12.0. The zero-order valence-electron chi connectivity index (χ0n) is 17.7. The number of benzene rings is 2. The first-order valence-corrected chi connectivity index (χ1v) is 10.9. The molecule has 3 N–H and O–H groups in total. The van der Waals surface area contributed by atoms with Gasteiger partial charge >= 0.3 is 0 Å². The molecule has 0 unspecified atom stereocenters. The molecule has 0 aliphatic rings. The van der Waals surface area contributed by atoms with E-state index in [-0.39, 0.29) is 11.0 Å². The molecule has 166 valence electrons. The van der Waals surface area contributed by atoms with Crippen LogP contribution >= 0.6 is 28.1 Å². The van der Waals surface area contributed by atoms with Crippen molar-refractivity contribution in [3.05, 3.63) is 58.1 Å². The van der Waals surface area contributed by atoms with E-state index >= 15 is 0 Å². The quantitative estimate of drug-likeness (QED) is 0.351. The summed E-state index contributed by atoms with van der Waals surface area (Å²) in [6.45, 7) is 5.39. The fraction of sp³-hybridized carbons (Fsp3) is 0.318. The van der Waals surface area contributed by atoms with Crippen LogP contribution in [0.15, 0.2) is 46.9 Å². The van der Waals surface area contributed by atoms with Gasteiger partial charge in [-0.1, -0.05) is 35.8 Å². The Balaban J connectivity index is 2.03. The fourth-order valence-corrected chi connectivity index (χ4v) is 3.07. The summed E-state index contributed by atoms with van der Waals surface area (Å²) in [5.74, 6) is 0.177. The van der Waals surface area contributed by atoms with Crippen molar-refractivity contribution in [3.8, 4) is 5.75 Å². The second-order valence-electron chi connectivity index (χ2n) is 7.08. The largest absolute Gasteiger partial charge is 0.492 e. The van der Waals surface area contributed by atoms with Crippen molar-refractivity contribution < 1.29 is 19.1 Å². The topological polar surface area (TPSA) is 88.7 Å². The Morgan fingerprint density at radius 2 is 1.90 bits per heavy atom. The first-order valence-electron chi connectivity index (χ1n) is 9.72. The number of rotatable bonds is 9. The number of nitrogens with one attached hydrogen (secondary N) is 3. The number of thiocarbonyl (C=S) groups is 1. The molecule has 0 radical (unpaired) electrons. The summed E-state index contributed by atoms with van der Waals surface area (Å²) >= 11 is 8.66. The van der Waals surface area contributed by atoms with Gasteiger partial charge in [0, 0.05) is 29.4 Å². The predicted octanol–water partition coefficient (Wildman–Crippen LogP) is 3.99. The number of hydrogen-bond acceptors (Lipinski definition) is 5. The van der Waals surface area contributed by atoms with Crippen molar-refractivity contribution in [1.29, 1.82) is 0 Å². The highest BCUT2D eigenvalue weighted by atomic mass is 79.9. The Bertz CT molecular complexity index is 937. The highest BCUT2D eigenvalue weighted by molar-refractivity contribution is 9.10. The summed E-state index contributed by atoms with van der Waals surface area (Å²) in [7, 11) is 1.57. The third-order valence-electron chi connectivity index (χ3n) is 3.96. The summed E-state index contributed by atoms with van der Waals surface area (Å²) in [6.07, 6.45) is 0. The predicted molar refractivity (Wildman–Crippen MR) is 129 cm³/mol. The molecule has 7 nitrogen and oxygen atoms in total. The van der Waals surface area contributed by atoms with E-state index in [1.54, 1.807) is 43.5 Å². The first-order chi connectivity index (χ1) is 14.8. The molecule has 2 aromatic rings. The molecule has 0 spiro atoms. The highest BCUT2D eigenvalue weighted by Crippen LogP contribution is 2.24. The van der Waals surface area contributed by atoms with Gasteiger partial charge in [0.2, 0.25) is 0 Å². The van der Waals surface area contributed by atoms with Crippen molar-refractivity contribution in [2.45, 2.75) is 13.8 Å². The SMILES string of the molecule is COCCNC(=O)c1cccc(NC(=S)NC(=O)c2cc(Br)ccc2OCC(C)C)c1. The van der Waals surface area contributed by atoms with Gasteiger partial charge in [0.15, 0.2) is 5.11 Å². The third-order valence-corrected chi connectivity index (χ3v) is 4.66. The minimum Gasteiger partial charge on any atom is -0.492 e. The average Bonchev–Trinajstić information content (AvgIpc) is 2.72. The van der Waals surface area contributed by atoms with Gasteiger partial charge < -0.3 is 20.1 Å². The number of methoxy groups -OCH3 is 1. The Labute approximate surface area is 196 Å². The van der Waals surface area contributed by atoms with Gasteiger partial charge in [-0.2, -0.15) is 0 Å². The van der Waals surface area contributed by atoms with Crippen LogP contribution in [-0.2, 0) is 4.74 Å². The average molecular weight is 508 g/mol. The molecule has 0 heterocycles. The molecule has 0 saturated heterocycles. The van der Waals surface area contributed by atoms with Crippen LogP contribution < -0.4 is 20.7 Å². The van der Waals surface area contributed by atoms with Crippen LogP contribution in [0.5, 0.6) is 5.75 Å². The van der Waals surface area contributed by atoms with Crippen LogP contribution in [0.2, 0.25) is 0 Å². The van der Waals surface area contributed by atoms with Gasteiger partial charge in [0.1, 0.15) is 5.75 Å². The molecular weight excluding hydrogens is 482 g/mol. The molecule has 0 saturated carbocycles. The standard InChI is InChI=1S/C22H26BrN3O4S/c1-14(2)13-30-19-8-7-16(23)12-18(19)21(28)26-22(31)25-17-6-4-5-15(11-17)20(27)24-9-10-29-3/h4-8,11-12,14H,9-10,13H2,1-3H3,(H,24,27)(H2,25,26,28,31). The number of ether oxygens (including phenoxy) is 2. The molecule has 0 bridgehead atoms. The molecule has 0 aromatic heterocycles. The van der Waals surface area contributed by atoms with Crippen molar-refractivity contribution in [1.82, 2.24) is 10.6 Å². The van der Waals surface area contributed by atoms with Gasteiger partial charge in [0.05, 0.1) is 18.8 Å². The maximum Gasteiger partial charge on any atom is 0.261 e. The molecule has 0 atom stereocenters. The van der Waals surface area contributed by atoms with Gasteiger partial charge in [-0.25, -0.2) is 0 Å². The van der Waals surface area contributed by atoms with E-state index in [9.17, 15) is 9.59 Å². The van der Waals surface area contributed by atoms with E-state index in [4.69, 9.17) is 21.7 Å². The number of carbonyl (C=O) groups excluding carboxylic acids is 2. The number of halogens is 1. The Morgan fingerprint density at radius 3 is 2.61 bits per heavy atom. The van der Waals surface area contributed by atoms with Crippen molar-refractivity contribution in [2.75, 3.05) is 32.2 Å². The number of amides is 2. The van der Waals surface area contributed by atoms with E-state index < -0.39 is 5.91 Å². The lowest BCUT2D eigenvalue weighted by molar-refractivity contribution is 0.0935. The fourth-order valence-electron chi connectivity index (χ4n) is 2.50. The Morgan fingerprint density at radius 1 is 1.13 bits per heavy atom. The van der Waals surface area contributed by atoms with E-state index in [1.807, 2.05) is 19.9 Å². The van der Waals surface area contributed by atoms with Crippen molar-refractivity contribution >= 4 is 50.8 Å². The number of carbonyl (C=O) groups is 2. The van der Waals surface area contributed by atoms with Crippen LogP contribution in [0.4, 0.5) is 5.69 Å². The molecule has 2 amide bonds. The number of anilines is 1. The van der Waals surface area contributed by atoms with Gasteiger partial charge in [-0.3, -0.25) is 14.9 Å². The molecule has 0 aliphatic heterocycles. The summed E-state index contributed by atoms with van der Waals surface area (Å²) in [5.41, 5.74) is 1.41. The van der Waals surface area contributed by atoms with E-state index in [2.05, 4.69) is 31.9 Å². The van der Waals surface area contributed by atoms with Crippen LogP contribution in [0.1, 0.15) is 34.6 Å². The molecule has 31 heavy (non-hydrogen) atoms. The zero-order valence-corrected chi connectivity index (χ0v) is 20.1. The second-order valence-corrected chi connectivity index (χ2v) is 8.41. The Hall–Kier alpha value is -2.49. The lowest BCUT2D eigenvalue weighted by atomic mass is 10.2. The van der Waals surface area contributed by atoms with E-state index in [0.717, 1.165) is 4.47 Å². The van der Waals surface area contributed by atoms with Crippen LogP contribution in [-0.4, -0.2) is 43.8 Å². The van der Waals surface area contributed by atoms with Crippen LogP contribution in [0, 0.1) is 5.92 Å². The first kappa shape index (κ1) is 24.8. The third kappa shape index (κ3) is 8.28. The molecule has 9 heteroatoms. The summed E-state index contributed by atoms with van der Waals surface area (Å²) in [5, 5.41) is 8.45. The zero-order chi connectivity index (χ0) is 22.8. The maximum absolute atomic E-state index is 12.8. The monoisotopic (exact) mass is 507 g/mol. The lowest BCUT2D eigenvalue weighted by Crippen LogP contribution is -2.34. The lowest BCUT2D eigenvalue weighted by Gasteiger charge is -2.15. The van der Waals surface area contributed by atoms with Crippen molar-refractivity contribution in [3.63, 3.8) is 0 Å². The highest BCUT2D eigenvalue weighted by Gasteiger charge is 2.16.